The van der Waals surface area contributed by atoms with Crippen LogP contribution in [-0.4, -0.2) is 39.0 Å². The molecule has 1 aromatic carbocycles. The molecule has 6 nitrogen and oxygen atoms in total. The number of nitrogens with one attached hydrogen (secondary N) is 2. The third-order valence-corrected chi connectivity index (χ3v) is 5.66. The van der Waals surface area contributed by atoms with Crippen LogP contribution in [0.25, 0.3) is 0 Å². The lowest BCUT2D eigenvalue weighted by molar-refractivity contribution is -0.125. The first-order chi connectivity index (χ1) is 12.7. The van der Waals surface area contributed by atoms with Gasteiger partial charge >= 0.3 is 0 Å². The van der Waals surface area contributed by atoms with Crippen molar-refractivity contribution in [1.82, 2.24) is 20.4 Å². The fourth-order valence-electron chi connectivity index (χ4n) is 4.40. The van der Waals surface area contributed by atoms with Crippen molar-refractivity contribution in [3.8, 4) is 0 Å². The third-order valence-electron chi connectivity index (χ3n) is 5.66. The fourth-order valence-corrected chi connectivity index (χ4v) is 4.40. The Hall–Kier alpha value is -2.63. The Morgan fingerprint density at radius 3 is 2.73 bits per heavy atom. The minimum Gasteiger partial charge on any atom is -0.349 e. The molecule has 1 saturated carbocycles. The van der Waals surface area contributed by atoms with Crippen LogP contribution in [0.5, 0.6) is 0 Å². The smallest absolute Gasteiger partial charge is 0.254 e. The van der Waals surface area contributed by atoms with Gasteiger partial charge in [0.25, 0.3) is 5.91 Å². The van der Waals surface area contributed by atoms with Crippen LogP contribution in [0.3, 0.4) is 0 Å². The molecule has 0 bridgehead atoms. The molecule has 4 rings (SSSR count). The summed E-state index contributed by atoms with van der Waals surface area (Å²) in [5.74, 6) is 0.333. The molecule has 1 aliphatic carbocycles. The van der Waals surface area contributed by atoms with Gasteiger partial charge in [-0.2, -0.15) is 5.10 Å². The predicted octanol–water partition coefficient (Wildman–Crippen LogP) is 2.50. The number of rotatable bonds is 4. The maximum atomic E-state index is 13.2. The number of carbonyl (C=O) groups is 2. The normalized spacial score (nSPS) is 24.9. The van der Waals surface area contributed by atoms with Gasteiger partial charge in [0.1, 0.15) is 6.04 Å². The number of H-pyrrole nitrogens is 1. The molecule has 26 heavy (non-hydrogen) atoms. The standard InChI is InChI=1S/C20H24N4O2/c25-19(21-13-16-10-11-22-23-16)18-12-15-8-4-5-9-17(15)24(18)20(26)14-6-2-1-3-7-14/h1-3,6-7,10-11,15,17-18H,4-5,8-9,12-13H2,(H,21,25)(H,22,23)/t15-,17-,18-/m0/s1. The molecule has 3 atom stereocenters. The lowest BCUT2D eigenvalue weighted by atomic mass is 9.84. The molecule has 2 aromatic rings. The highest BCUT2D eigenvalue weighted by Crippen LogP contribution is 2.40. The van der Waals surface area contributed by atoms with Crippen LogP contribution in [0, 0.1) is 5.92 Å². The zero-order valence-electron chi connectivity index (χ0n) is 14.7. The number of aromatic amines is 1. The zero-order chi connectivity index (χ0) is 17.9. The van der Waals surface area contributed by atoms with E-state index in [1.165, 1.54) is 6.42 Å². The number of hydrogen-bond acceptors (Lipinski definition) is 3. The molecule has 2 heterocycles. The van der Waals surface area contributed by atoms with Crippen molar-refractivity contribution in [3.05, 3.63) is 53.9 Å². The minimum atomic E-state index is -0.390. The van der Waals surface area contributed by atoms with E-state index in [0.29, 0.717) is 18.0 Å². The van der Waals surface area contributed by atoms with E-state index in [1.807, 2.05) is 41.3 Å². The number of fused-ring (bicyclic) bond motifs is 1. The molecule has 0 radical (unpaired) electrons. The van der Waals surface area contributed by atoms with Gasteiger partial charge in [0.15, 0.2) is 0 Å². The van der Waals surface area contributed by atoms with Gasteiger partial charge in [0.05, 0.1) is 12.2 Å². The largest absolute Gasteiger partial charge is 0.349 e. The molecule has 2 fully saturated rings. The molecule has 1 saturated heterocycles. The molecule has 0 spiro atoms. The van der Waals surface area contributed by atoms with Crippen LogP contribution in [-0.2, 0) is 11.3 Å². The van der Waals surface area contributed by atoms with Gasteiger partial charge in [-0.05, 0) is 43.4 Å². The quantitative estimate of drug-likeness (QED) is 0.887. The molecule has 1 aromatic heterocycles. The van der Waals surface area contributed by atoms with Crippen LogP contribution in [0.4, 0.5) is 0 Å². The molecule has 6 heteroatoms. The van der Waals surface area contributed by atoms with Gasteiger partial charge < -0.3 is 10.2 Å². The molecular weight excluding hydrogens is 328 g/mol. The first-order valence-corrected chi connectivity index (χ1v) is 9.37. The topological polar surface area (TPSA) is 78.1 Å². The Morgan fingerprint density at radius 2 is 1.96 bits per heavy atom. The number of aromatic nitrogens is 2. The summed E-state index contributed by atoms with van der Waals surface area (Å²) in [5.41, 5.74) is 1.51. The molecule has 136 valence electrons. The summed E-state index contributed by atoms with van der Waals surface area (Å²) in [7, 11) is 0. The van der Waals surface area contributed by atoms with Gasteiger partial charge in [-0.25, -0.2) is 0 Å². The van der Waals surface area contributed by atoms with Crippen molar-refractivity contribution >= 4 is 11.8 Å². The van der Waals surface area contributed by atoms with E-state index in [2.05, 4.69) is 15.5 Å². The van der Waals surface area contributed by atoms with E-state index in [1.54, 1.807) is 6.20 Å². The van der Waals surface area contributed by atoms with Gasteiger partial charge in [-0.3, -0.25) is 14.7 Å². The second-order valence-electron chi connectivity index (χ2n) is 7.24. The van der Waals surface area contributed by atoms with Crippen molar-refractivity contribution in [3.63, 3.8) is 0 Å². The summed E-state index contributed by atoms with van der Waals surface area (Å²) in [6, 6.07) is 10.9. The molecule has 2 amide bonds. The minimum absolute atomic E-state index is 0.0262. The van der Waals surface area contributed by atoms with Crippen LogP contribution >= 0.6 is 0 Å². The van der Waals surface area contributed by atoms with E-state index in [0.717, 1.165) is 31.4 Å². The average molecular weight is 352 g/mol. The summed E-state index contributed by atoms with van der Waals surface area (Å²) in [5, 5.41) is 9.72. The highest BCUT2D eigenvalue weighted by Gasteiger charge is 2.47. The Labute approximate surface area is 153 Å². The van der Waals surface area contributed by atoms with Crippen molar-refractivity contribution in [2.24, 2.45) is 5.92 Å². The lowest BCUT2D eigenvalue weighted by Gasteiger charge is -2.33. The van der Waals surface area contributed by atoms with E-state index < -0.39 is 6.04 Å². The summed E-state index contributed by atoms with van der Waals surface area (Å²) >= 11 is 0. The van der Waals surface area contributed by atoms with Crippen LogP contribution in [0.1, 0.15) is 48.2 Å². The van der Waals surface area contributed by atoms with Gasteiger partial charge in [0.2, 0.25) is 5.91 Å². The summed E-state index contributed by atoms with van der Waals surface area (Å²) < 4.78 is 0. The van der Waals surface area contributed by atoms with Crippen LogP contribution in [0.15, 0.2) is 42.6 Å². The van der Waals surface area contributed by atoms with Gasteiger partial charge in [0, 0.05) is 17.8 Å². The maximum absolute atomic E-state index is 13.2. The van der Waals surface area contributed by atoms with E-state index in [9.17, 15) is 9.59 Å². The lowest BCUT2D eigenvalue weighted by Crippen LogP contribution is -2.49. The third kappa shape index (κ3) is 3.23. The molecule has 2 aliphatic rings. The monoisotopic (exact) mass is 352 g/mol. The molecule has 0 unspecified atom stereocenters. The summed E-state index contributed by atoms with van der Waals surface area (Å²) in [4.78, 5) is 27.9. The Bertz CT molecular complexity index is 759. The molecule has 1 aliphatic heterocycles. The highest BCUT2D eigenvalue weighted by atomic mass is 16.2. The predicted molar refractivity (Wildman–Crippen MR) is 97.2 cm³/mol. The SMILES string of the molecule is O=C(NCc1ccn[nH]1)[C@@H]1C[C@@H]2CCCC[C@@H]2N1C(=O)c1ccccc1. The Kier molecular flexibility index (Phi) is 4.73. The highest BCUT2D eigenvalue weighted by molar-refractivity contribution is 5.98. The zero-order valence-corrected chi connectivity index (χ0v) is 14.7. The Balaban J connectivity index is 1.54. The summed E-state index contributed by atoms with van der Waals surface area (Å²) in [6.45, 7) is 0.401. The van der Waals surface area contributed by atoms with Crippen molar-refractivity contribution in [2.75, 3.05) is 0 Å². The second kappa shape index (κ2) is 7.32. The van der Waals surface area contributed by atoms with E-state index in [4.69, 9.17) is 0 Å². The first kappa shape index (κ1) is 16.8. The van der Waals surface area contributed by atoms with Gasteiger partial charge in [-0.1, -0.05) is 31.0 Å². The number of amides is 2. The number of nitrogens with zero attached hydrogens (tertiary/aromatic N) is 2. The van der Waals surface area contributed by atoms with Crippen LogP contribution in [0.2, 0.25) is 0 Å². The van der Waals surface area contributed by atoms with E-state index in [-0.39, 0.29) is 17.9 Å². The van der Waals surface area contributed by atoms with Crippen molar-refractivity contribution < 1.29 is 9.59 Å². The van der Waals surface area contributed by atoms with E-state index >= 15 is 0 Å². The van der Waals surface area contributed by atoms with Gasteiger partial charge in [-0.15, -0.1) is 0 Å². The fraction of sp³-hybridized carbons (Fsp3) is 0.450. The number of likely N-dealkylation sites (tertiary alicyclic amines) is 1. The number of hydrogen-bond donors (Lipinski definition) is 2. The number of carbonyl (C=O) groups excluding carboxylic acids is 2. The molecule has 2 N–H and O–H groups in total. The van der Waals surface area contributed by atoms with Crippen molar-refractivity contribution in [2.45, 2.75) is 50.7 Å². The molecular formula is C20H24N4O2. The van der Waals surface area contributed by atoms with Crippen LogP contribution < -0.4 is 5.32 Å². The average Bonchev–Trinajstić information content (AvgIpc) is 3.34. The second-order valence-corrected chi connectivity index (χ2v) is 7.24. The van der Waals surface area contributed by atoms with Crippen molar-refractivity contribution in [1.29, 1.82) is 0 Å². The summed E-state index contributed by atoms with van der Waals surface area (Å²) in [6.07, 6.45) is 6.84. The first-order valence-electron chi connectivity index (χ1n) is 9.37. The maximum Gasteiger partial charge on any atom is 0.254 e. The Morgan fingerprint density at radius 1 is 1.15 bits per heavy atom. The number of benzene rings is 1.